The third-order valence-electron chi connectivity index (χ3n) is 7.89. The molecule has 3 aromatic heterocycles. The Balaban J connectivity index is 0.000000612. The van der Waals surface area contributed by atoms with E-state index >= 15 is 0 Å². The van der Waals surface area contributed by atoms with Gasteiger partial charge in [0, 0.05) is 53.2 Å². The van der Waals surface area contributed by atoms with Gasteiger partial charge in [0.25, 0.3) is 5.91 Å². The van der Waals surface area contributed by atoms with Gasteiger partial charge in [-0.2, -0.15) is 5.10 Å². The molecule has 10 nitrogen and oxygen atoms in total. The van der Waals surface area contributed by atoms with E-state index in [0.29, 0.717) is 33.8 Å². The van der Waals surface area contributed by atoms with E-state index < -0.39 is 0 Å². The number of halogens is 2. The van der Waals surface area contributed by atoms with Crippen LogP contribution in [0.2, 0.25) is 5.02 Å². The zero-order chi connectivity index (χ0) is 29.4. The average Bonchev–Trinajstić information content (AvgIpc) is 3.91. The van der Waals surface area contributed by atoms with Crippen molar-refractivity contribution in [1.29, 1.82) is 0 Å². The van der Waals surface area contributed by atoms with Crippen molar-refractivity contribution < 1.29 is 9.53 Å². The minimum Gasteiger partial charge on any atom is -0.496 e. The summed E-state index contributed by atoms with van der Waals surface area (Å²) in [6, 6.07) is 4.64. The van der Waals surface area contributed by atoms with Gasteiger partial charge in [0.05, 0.1) is 29.8 Å². The quantitative estimate of drug-likeness (QED) is 0.285. The number of methoxy groups -OCH3 is 1. The fourth-order valence-corrected chi connectivity index (χ4v) is 5.30. The van der Waals surface area contributed by atoms with Crippen molar-refractivity contribution in [2.45, 2.75) is 64.6 Å². The Hall–Kier alpha value is -3.47. The largest absolute Gasteiger partial charge is 0.496 e. The van der Waals surface area contributed by atoms with Gasteiger partial charge < -0.3 is 20.7 Å². The highest BCUT2D eigenvalue weighted by Crippen LogP contribution is 2.43. The maximum atomic E-state index is 13.0. The average molecular weight is 614 g/mol. The number of pyridine rings is 1. The number of amides is 1. The molecule has 1 unspecified atom stereocenters. The predicted octanol–water partition coefficient (Wildman–Crippen LogP) is 5.38. The molecule has 2 aliphatic carbocycles. The lowest BCUT2D eigenvalue weighted by molar-refractivity contribution is 0.0784. The van der Waals surface area contributed by atoms with Gasteiger partial charge in [-0.05, 0) is 71.2 Å². The molecule has 0 bridgehead atoms. The fourth-order valence-electron chi connectivity index (χ4n) is 5.09. The van der Waals surface area contributed by atoms with Gasteiger partial charge >= 0.3 is 0 Å². The van der Waals surface area contributed by atoms with Crippen molar-refractivity contribution in [3.63, 3.8) is 0 Å². The monoisotopic (exact) mass is 612 g/mol. The number of fused-ring (bicyclic) bond motifs is 1. The first kappa shape index (κ1) is 31.5. The van der Waals surface area contributed by atoms with Crippen LogP contribution in [0.1, 0.15) is 65.8 Å². The maximum Gasteiger partial charge on any atom is 0.255 e. The fraction of sp³-hybridized carbons (Fsp3) is 0.433. The van der Waals surface area contributed by atoms with Crippen LogP contribution in [0.4, 0.5) is 5.82 Å². The summed E-state index contributed by atoms with van der Waals surface area (Å²) in [5.41, 5.74) is 11.2. The minimum absolute atomic E-state index is 0. The number of nitrogens with zero attached hydrogens (tertiary/aromatic N) is 6. The van der Waals surface area contributed by atoms with E-state index in [2.05, 4.69) is 20.3 Å². The van der Waals surface area contributed by atoms with Crippen LogP contribution in [0.15, 0.2) is 30.9 Å². The summed E-state index contributed by atoms with van der Waals surface area (Å²) in [6.07, 6.45) is 9.63. The van der Waals surface area contributed by atoms with Crippen LogP contribution < -0.4 is 15.8 Å². The first-order valence-corrected chi connectivity index (χ1v) is 14.3. The van der Waals surface area contributed by atoms with Gasteiger partial charge in [-0.25, -0.2) is 14.6 Å². The number of carbonyl (C=O) groups is 1. The van der Waals surface area contributed by atoms with Gasteiger partial charge in [0.1, 0.15) is 17.9 Å². The summed E-state index contributed by atoms with van der Waals surface area (Å²) >= 11 is 6.75. The number of nitrogens with one attached hydrogen (secondary N) is 1. The maximum absolute atomic E-state index is 13.0. The molecule has 4 aromatic rings. The van der Waals surface area contributed by atoms with Crippen molar-refractivity contribution in [3.05, 3.63) is 58.3 Å². The summed E-state index contributed by atoms with van der Waals surface area (Å²) < 4.78 is 7.77. The summed E-state index contributed by atoms with van der Waals surface area (Å²) in [6.45, 7) is 5.81. The van der Waals surface area contributed by atoms with E-state index in [1.165, 1.54) is 19.2 Å². The van der Waals surface area contributed by atoms with E-state index in [4.69, 9.17) is 27.2 Å². The van der Waals surface area contributed by atoms with Crippen LogP contribution >= 0.6 is 24.0 Å². The topological polar surface area (TPSA) is 124 Å². The Morgan fingerprint density at radius 1 is 1.19 bits per heavy atom. The number of aryl methyl sites for hydroxylation is 1. The summed E-state index contributed by atoms with van der Waals surface area (Å²) in [4.78, 5) is 27.7. The molecular formula is C30H38Cl2N8O2. The number of aromatic nitrogens is 5. The Bertz CT molecular complexity index is 1600. The second kappa shape index (κ2) is 12.8. The molecule has 0 aliphatic heterocycles. The summed E-state index contributed by atoms with van der Waals surface area (Å²) in [5.74, 6) is 0.971. The van der Waals surface area contributed by atoms with Crippen LogP contribution in [-0.2, 0) is 0 Å². The van der Waals surface area contributed by atoms with Crippen LogP contribution in [0.25, 0.3) is 22.2 Å². The molecule has 2 saturated carbocycles. The molecule has 2 aliphatic rings. The summed E-state index contributed by atoms with van der Waals surface area (Å²) in [7, 11) is 5.47. The predicted molar refractivity (Wildman–Crippen MR) is 169 cm³/mol. The van der Waals surface area contributed by atoms with Crippen molar-refractivity contribution in [2.75, 3.05) is 26.9 Å². The normalized spacial score (nSPS) is 14.9. The van der Waals surface area contributed by atoms with Crippen LogP contribution in [0, 0.1) is 13.8 Å². The van der Waals surface area contributed by atoms with E-state index in [1.54, 1.807) is 29.1 Å². The van der Waals surface area contributed by atoms with Crippen molar-refractivity contribution in [3.8, 4) is 16.9 Å². The number of nitrogens with two attached hydrogens (primary N) is 1. The Kier molecular flexibility index (Phi) is 9.60. The lowest BCUT2D eigenvalue weighted by Crippen LogP contribution is -2.28. The lowest BCUT2D eigenvalue weighted by atomic mass is 9.94. The molecular weight excluding hydrogens is 575 g/mol. The zero-order valence-corrected chi connectivity index (χ0v) is 26.4. The minimum atomic E-state index is -0.291. The van der Waals surface area contributed by atoms with E-state index in [1.807, 2.05) is 47.0 Å². The molecule has 1 aromatic carbocycles. The number of anilines is 1. The highest BCUT2D eigenvalue weighted by atomic mass is 35.5. The number of hydrogen-bond donors (Lipinski definition) is 2. The number of nitrogen functional groups attached to an aromatic ring is 1. The van der Waals surface area contributed by atoms with Gasteiger partial charge in [0.15, 0.2) is 5.65 Å². The SMILES string of the molecule is CNC1CC1.COc1c(C(C)n2nc(C)c3c(N)ncnc32)cc(Cl)c(C)c1-c1cncc(C(=O)N(C)C2CC2)c1.Cl. The van der Waals surface area contributed by atoms with Crippen LogP contribution in [0.5, 0.6) is 5.75 Å². The number of carbonyl (C=O) groups excluding carboxylic acids is 1. The van der Waals surface area contributed by atoms with Crippen LogP contribution in [-0.4, -0.2) is 68.8 Å². The molecule has 1 amide bonds. The van der Waals surface area contributed by atoms with Crippen molar-refractivity contribution in [2.24, 2.45) is 0 Å². The Morgan fingerprint density at radius 3 is 2.50 bits per heavy atom. The van der Waals surface area contributed by atoms with Gasteiger partial charge in [-0.15, -0.1) is 12.4 Å². The molecule has 2 fully saturated rings. The standard InChI is InChI=1S/C26H28ClN7O2.C4H9N.ClH/c1-13-20(27)9-19(15(3)34-25-22(14(2)32-34)24(28)30-12-31-25)23(36-5)21(13)16-8-17(11-29-10-16)26(35)33(4)18-6-7-18;1-5-4-2-3-4;/h8-12,15,18H,6-7H2,1-5H3,(H2,28,30,31);4-5H,2-3H2,1H3;1H. The van der Waals surface area contributed by atoms with E-state index in [9.17, 15) is 4.79 Å². The molecule has 0 spiro atoms. The second-order valence-electron chi connectivity index (χ2n) is 10.8. The van der Waals surface area contributed by atoms with Gasteiger partial charge in [0.2, 0.25) is 0 Å². The third-order valence-corrected chi connectivity index (χ3v) is 8.29. The molecule has 0 saturated heterocycles. The smallest absolute Gasteiger partial charge is 0.255 e. The first-order chi connectivity index (χ1) is 19.7. The van der Waals surface area contributed by atoms with E-state index in [0.717, 1.165) is 52.2 Å². The van der Waals surface area contributed by atoms with Crippen molar-refractivity contribution in [1.82, 2.24) is 34.9 Å². The number of hydrogen-bond acceptors (Lipinski definition) is 8. The second-order valence-corrected chi connectivity index (χ2v) is 11.2. The number of benzene rings is 1. The molecule has 6 rings (SSSR count). The van der Waals surface area contributed by atoms with Crippen LogP contribution in [0.3, 0.4) is 0 Å². The number of rotatable bonds is 7. The highest BCUT2D eigenvalue weighted by molar-refractivity contribution is 6.32. The zero-order valence-electron chi connectivity index (χ0n) is 24.8. The molecule has 3 heterocycles. The molecule has 42 heavy (non-hydrogen) atoms. The third kappa shape index (κ3) is 6.16. The number of ether oxygens (including phenoxy) is 1. The first-order valence-electron chi connectivity index (χ1n) is 13.9. The molecule has 0 radical (unpaired) electrons. The Morgan fingerprint density at radius 2 is 1.90 bits per heavy atom. The van der Waals surface area contributed by atoms with Gasteiger partial charge in [-0.1, -0.05) is 11.6 Å². The van der Waals surface area contributed by atoms with Crippen molar-refractivity contribution >= 4 is 46.8 Å². The van der Waals surface area contributed by atoms with Gasteiger partial charge in [-0.3, -0.25) is 9.78 Å². The Labute approximate surface area is 257 Å². The highest BCUT2D eigenvalue weighted by Gasteiger charge is 2.31. The van der Waals surface area contributed by atoms with E-state index in [-0.39, 0.29) is 24.4 Å². The molecule has 1 atom stereocenters. The lowest BCUT2D eigenvalue weighted by Gasteiger charge is -2.22. The molecule has 224 valence electrons. The summed E-state index contributed by atoms with van der Waals surface area (Å²) in [5, 5.41) is 9.14. The molecule has 3 N–H and O–H groups in total. The molecule has 12 heteroatoms.